The summed E-state index contributed by atoms with van der Waals surface area (Å²) in [6.07, 6.45) is 22.9. The van der Waals surface area contributed by atoms with Crippen molar-refractivity contribution >= 4 is 47.3 Å². The molecule has 24 heteroatoms. The van der Waals surface area contributed by atoms with Gasteiger partial charge >= 0.3 is 0 Å². The zero-order chi connectivity index (χ0) is 97.5. The largest absolute Gasteiger partial charge is 0.340 e. The number of nitrogens with one attached hydrogen (secondary N) is 8. The van der Waals surface area contributed by atoms with E-state index in [2.05, 4.69) is 204 Å². The first-order valence-corrected chi connectivity index (χ1v) is 52.7. The number of hydrogen-bond donors (Lipinski definition) is 8. The van der Waals surface area contributed by atoms with Crippen molar-refractivity contribution in [3.8, 4) is 0 Å². The molecule has 8 heterocycles. The summed E-state index contributed by atoms with van der Waals surface area (Å²) >= 11 is 0. The van der Waals surface area contributed by atoms with E-state index in [1.54, 1.807) is 19.6 Å². The minimum atomic E-state index is -0.572. The molecule has 6 atom stereocenters. The maximum absolute atomic E-state index is 12.5. The van der Waals surface area contributed by atoms with Gasteiger partial charge in [0.1, 0.15) is 40.3 Å². The van der Waals surface area contributed by atoms with Gasteiger partial charge in [-0.05, 0) is 186 Å². The topological polar surface area (TPSA) is 259 Å². The summed E-state index contributed by atoms with van der Waals surface area (Å²) in [7, 11) is 0. The van der Waals surface area contributed by atoms with Crippen LogP contribution in [0.4, 0.5) is 0 Å². The summed E-state index contributed by atoms with van der Waals surface area (Å²) in [6.45, 7) is 30.3. The maximum atomic E-state index is 12.5. The molecule has 8 aliphatic carbocycles. The van der Waals surface area contributed by atoms with Crippen LogP contribution in [0.2, 0.25) is 0 Å². The lowest BCUT2D eigenvalue weighted by Crippen LogP contribution is -2.64. The second-order valence-electron chi connectivity index (χ2n) is 42.8. The molecule has 16 aliphatic rings. The molecule has 24 rings (SSSR count). The van der Waals surface area contributed by atoms with Crippen LogP contribution in [0, 0.1) is 0 Å². The molecule has 8 aliphatic heterocycles. The van der Waals surface area contributed by atoms with Crippen molar-refractivity contribution in [3.63, 3.8) is 0 Å². The van der Waals surface area contributed by atoms with Crippen LogP contribution in [0.1, 0.15) is 227 Å². The van der Waals surface area contributed by atoms with E-state index in [-0.39, 0.29) is 71.9 Å². The van der Waals surface area contributed by atoms with Gasteiger partial charge in [0, 0.05) is 152 Å². The predicted octanol–water partition coefficient (Wildman–Crippen LogP) is 13.9. The minimum absolute atomic E-state index is 0.00414. The molecule has 8 aromatic carbocycles. The van der Waals surface area contributed by atoms with Crippen molar-refractivity contribution in [2.45, 2.75) is 316 Å². The van der Waals surface area contributed by atoms with E-state index in [1.807, 2.05) is 142 Å². The highest BCUT2D eigenvalue weighted by Crippen LogP contribution is 2.47. The fourth-order valence-electron chi connectivity index (χ4n) is 21.9. The summed E-state index contributed by atoms with van der Waals surface area (Å²) in [5.74, 6) is 0.272. The van der Waals surface area contributed by atoms with Crippen molar-refractivity contribution in [3.05, 3.63) is 287 Å². The summed E-state index contributed by atoms with van der Waals surface area (Å²) < 4.78 is 0. The number of nitrogens with zero attached hydrogens (tertiary/aromatic N) is 8. The van der Waals surface area contributed by atoms with E-state index >= 15 is 0 Å². The van der Waals surface area contributed by atoms with Gasteiger partial charge in [-0.2, -0.15) is 0 Å². The van der Waals surface area contributed by atoms with E-state index in [9.17, 15) is 38.4 Å². The first-order valence-electron chi connectivity index (χ1n) is 52.7. The van der Waals surface area contributed by atoms with Crippen LogP contribution in [0.5, 0.6) is 0 Å². The van der Waals surface area contributed by atoms with Gasteiger partial charge in [0.25, 0.3) is 0 Å². The van der Waals surface area contributed by atoms with Crippen LogP contribution in [-0.4, -0.2) is 232 Å². The van der Waals surface area contributed by atoms with Crippen LogP contribution in [0.3, 0.4) is 0 Å². The first-order chi connectivity index (χ1) is 68.0. The molecule has 16 fully saturated rings. The number of carbonyl (C=O) groups is 8. The SMILES string of the molecule is CCC1C(=O)NC2(CC2)C(=O)N1Cc1ccccc1.CCC1CNC2(CC2)CN1Cc1ccccc1.CC[C@@H]1C(=O)NC2(CC2)C(=O)N1Cc1ccccc1.CC[C@@H]1CNC2(CC2)CN1Cc1ccccc1.CC[C@H]1C(=O)NC2(CC2)C(=O)N1Cc1ccccc1.CC[C@H]1CNC2(CC2)CN1Cc1ccccc1.O=C1CN(Cc2ccccc2)C(=O)C2(CC2)N1.c1ccc(CN2CCNC3(CC3)C2)cc1. The highest BCUT2D eigenvalue weighted by Gasteiger charge is 2.62. The van der Waals surface area contributed by atoms with Gasteiger partial charge in [-0.15, -0.1) is 0 Å². The molecule has 24 nitrogen and oxygen atoms in total. The molecular formula is C116H152N16O8. The smallest absolute Gasteiger partial charge is 0.249 e. The maximum Gasteiger partial charge on any atom is 0.249 e. The second kappa shape index (κ2) is 44.8. The first kappa shape index (κ1) is 101. The molecule has 8 spiro atoms. The summed E-state index contributed by atoms with van der Waals surface area (Å²) in [6, 6.07) is 83.9. The Morgan fingerprint density at radius 1 is 0.257 bits per heavy atom. The standard InChI is InChI=1S/3C15H18N2O2.3C15H22N2.C13H14N2O2.C13H18N2/c3*1-2-12-13(18)16-15(8-9-15)14(19)17(12)10-11-6-4-3-5-7-11;3*1-2-14-10-16-15(8-9-15)12-17(14)11-13-6-4-3-5-7-13;16-11-9-15(8-10-4-2-1-3-5-10)12(17)13(14-11)6-7-13;1-2-4-12(5-3-1)10-15-9-8-14-13(11-15)6-7-13/h3*3-7,12H,2,8-10H2,1H3,(H,16,18);3*3-7,14,16H,2,8-12H2,1H3;1-5H,6-9H2,(H,14,16);1-5,14H,6-11H2/t2*12-;;2*14-;;;/m10.10.../s1. The monoisotopic (exact) mass is 1900 g/mol. The normalized spacial score (nSPS) is 25.1. The Morgan fingerprint density at radius 3 is 0.750 bits per heavy atom. The summed E-state index contributed by atoms with van der Waals surface area (Å²) in [5.41, 5.74) is 9.75. The fraction of sp³-hybridized carbons (Fsp3) is 0.517. The molecular weight excluding hydrogens is 1750 g/mol. The van der Waals surface area contributed by atoms with Crippen molar-refractivity contribution < 1.29 is 38.4 Å². The van der Waals surface area contributed by atoms with Crippen molar-refractivity contribution in [2.75, 3.05) is 65.4 Å². The van der Waals surface area contributed by atoms with Gasteiger partial charge in [0.2, 0.25) is 47.3 Å². The average Bonchev–Trinajstić information content (AvgIpc) is 1.58. The number of amides is 8. The van der Waals surface area contributed by atoms with Gasteiger partial charge in [-0.1, -0.05) is 284 Å². The molecule has 140 heavy (non-hydrogen) atoms. The van der Waals surface area contributed by atoms with Crippen LogP contribution >= 0.6 is 0 Å². The molecule has 8 aromatic rings. The zero-order valence-electron chi connectivity index (χ0n) is 83.7. The summed E-state index contributed by atoms with van der Waals surface area (Å²) in [5, 5.41) is 26.4. The lowest BCUT2D eigenvalue weighted by Gasteiger charge is -2.40. The Bertz CT molecular complexity index is 5040. The molecule has 744 valence electrons. The van der Waals surface area contributed by atoms with E-state index in [4.69, 9.17) is 0 Å². The summed E-state index contributed by atoms with van der Waals surface area (Å²) in [4.78, 5) is 115. The molecule has 8 amide bonds. The minimum Gasteiger partial charge on any atom is -0.340 e. The highest BCUT2D eigenvalue weighted by molar-refractivity contribution is 6.04. The van der Waals surface area contributed by atoms with Gasteiger partial charge in [0.05, 0.1) is 6.54 Å². The average molecular weight is 1900 g/mol. The molecule has 8 saturated heterocycles. The predicted molar refractivity (Wildman–Crippen MR) is 550 cm³/mol. The fourth-order valence-corrected chi connectivity index (χ4v) is 21.9. The lowest BCUT2D eigenvalue weighted by molar-refractivity contribution is -0.151. The molecule has 0 bridgehead atoms. The van der Waals surface area contributed by atoms with Gasteiger partial charge in [0.15, 0.2) is 0 Å². The number of carbonyl (C=O) groups excluding carboxylic acids is 8. The third kappa shape index (κ3) is 25.4. The number of benzene rings is 8. The Hall–Kier alpha value is -10.8. The van der Waals surface area contributed by atoms with Crippen LogP contribution in [0.15, 0.2) is 243 Å². The van der Waals surface area contributed by atoms with Crippen molar-refractivity contribution in [1.29, 1.82) is 0 Å². The van der Waals surface area contributed by atoms with E-state index in [0.29, 0.717) is 85.7 Å². The van der Waals surface area contributed by atoms with Gasteiger partial charge < -0.3 is 62.1 Å². The molecule has 0 aromatic heterocycles. The molecule has 0 radical (unpaired) electrons. The Kier molecular flexibility index (Phi) is 32.2. The third-order valence-corrected chi connectivity index (χ3v) is 31.9. The molecule has 2 unspecified atom stereocenters. The highest BCUT2D eigenvalue weighted by atomic mass is 16.2. The Labute approximate surface area is 830 Å². The lowest BCUT2D eigenvalue weighted by atomic mass is 10.0. The number of piperazine rings is 8. The van der Waals surface area contributed by atoms with Gasteiger partial charge in [-0.3, -0.25) is 58.0 Å². The van der Waals surface area contributed by atoms with E-state index in [1.165, 1.54) is 145 Å². The Morgan fingerprint density at radius 2 is 0.500 bits per heavy atom. The van der Waals surface area contributed by atoms with E-state index in [0.717, 1.165) is 106 Å². The number of rotatable bonds is 22. The van der Waals surface area contributed by atoms with Crippen LogP contribution < -0.4 is 42.5 Å². The quantitative estimate of drug-likeness (QED) is 0.0314. The molecule has 8 N–H and O–H groups in total. The zero-order valence-corrected chi connectivity index (χ0v) is 83.7. The number of hydrogen-bond acceptors (Lipinski definition) is 16. The second-order valence-corrected chi connectivity index (χ2v) is 42.8. The van der Waals surface area contributed by atoms with Crippen LogP contribution in [-0.2, 0) is 90.7 Å². The third-order valence-electron chi connectivity index (χ3n) is 31.9. The Balaban J connectivity index is 0.000000110. The van der Waals surface area contributed by atoms with Gasteiger partial charge in [-0.25, -0.2) is 0 Å². The van der Waals surface area contributed by atoms with Crippen LogP contribution in [0.25, 0.3) is 0 Å². The van der Waals surface area contributed by atoms with Crippen molar-refractivity contribution in [2.24, 2.45) is 0 Å². The van der Waals surface area contributed by atoms with E-state index < -0.39 is 22.2 Å². The van der Waals surface area contributed by atoms with Crippen molar-refractivity contribution in [1.82, 2.24) is 81.7 Å². The molecule has 8 saturated carbocycles.